The number of hydrogen-bond donors (Lipinski definition) is 0. The Kier molecular flexibility index (Phi) is 8.82. The second-order valence-electron chi connectivity index (χ2n) is 9.60. The maximum atomic E-state index is 13.2. The molecule has 39 heavy (non-hydrogen) atoms. The molecule has 0 spiro atoms. The van der Waals surface area contributed by atoms with Crippen LogP contribution in [0.2, 0.25) is 0 Å². The lowest BCUT2D eigenvalue weighted by Crippen LogP contribution is -2.29. The van der Waals surface area contributed by atoms with E-state index in [2.05, 4.69) is 67.3 Å². The summed E-state index contributed by atoms with van der Waals surface area (Å²) in [5.74, 6) is 0.0871. The normalized spacial score (nSPS) is 16.0. The van der Waals surface area contributed by atoms with Crippen LogP contribution >= 0.6 is 0 Å². The zero-order valence-electron chi connectivity index (χ0n) is 23.7. The summed E-state index contributed by atoms with van der Waals surface area (Å²) < 4.78 is 6.03. The van der Waals surface area contributed by atoms with Crippen LogP contribution in [0.15, 0.2) is 101 Å². The summed E-state index contributed by atoms with van der Waals surface area (Å²) in [6.45, 7) is 12.7. The summed E-state index contributed by atoms with van der Waals surface area (Å²) >= 11 is 0. The molecule has 0 N–H and O–H groups in total. The van der Waals surface area contributed by atoms with Crippen LogP contribution in [0.4, 0.5) is 17.1 Å². The molecule has 1 saturated heterocycles. The van der Waals surface area contributed by atoms with Gasteiger partial charge in [0.1, 0.15) is 0 Å². The highest BCUT2D eigenvalue weighted by molar-refractivity contribution is 6.11. The number of allylic oxidation sites excluding steroid dienone is 4. The van der Waals surface area contributed by atoms with Gasteiger partial charge in [0.05, 0.1) is 5.69 Å². The molecular formula is C34H37N3O2. The van der Waals surface area contributed by atoms with Gasteiger partial charge in [-0.05, 0) is 94.1 Å². The minimum Gasteiger partial charge on any atom is -0.419 e. The number of rotatable bonds is 8. The molecule has 1 fully saturated rings. The topological polar surface area (TPSA) is 45.1 Å². The lowest BCUT2D eigenvalue weighted by atomic mass is 10.1. The Balaban J connectivity index is 1.66. The number of benzene rings is 3. The number of carbonyl (C=O) groups excluding carboxylic acids is 1. The fourth-order valence-electron chi connectivity index (χ4n) is 4.80. The van der Waals surface area contributed by atoms with Gasteiger partial charge in [0.2, 0.25) is 0 Å². The van der Waals surface area contributed by atoms with E-state index in [0.29, 0.717) is 12.6 Å². The van der Waals surface area contributed by atoms with E-state index < -0.39 is 0 Å². The van der Waals surface area contributed by atoms with E-state index in [0.717, 1.165) is 40.2 Å². The molecule has 0 aromatic heterocycles. The zero-order chi connectivity index (χ0) is 27.9. The van der Waals surface area contributed by atoms with Crippen molar-refractivity contribution in [3.8, 4) is 0 Å². The van der Waals surface area contributed by atoms with Crippen LogP contribution in [-0.4, -0.2) is 23.4 Å². The monoisotopic (exact) mass is 519 g/mol. The van der Waals surface area contributed by atoms with E-state index in [1.165, 1.54) is 11.3 Å². The molecule has 0 radical (unpaired) electrons. The van der Waals surface area contributed by atoms with Gasteiger partial charge in [-0.3, -0.25) is 9.69 Å². The van der Waals surface area contributed by atoms with Crippen LogP contribution in [0.25, 0.3) is 6.08 Å². The van der Waals surface area contributed by atoms with Crippen molar-refractivity contribution in [1.82, 2.24) is 4.90 Å². The van der Waals surface area contributed by atoms with E-state index >= 15 is 0 Å². The highest BCUT2D eigenvalue weighted by Crippen LogP contribution is 2.32. The molecule has 0 atom stereocenters. The molecule has 5 nitrogen and oxygen atoms in total. The fourth-order valence-corrected chi connectivity index (χ4v) is 4.80. The number of aliphatic imine (C=N–C) groups is 1. The Bertz CT molecular complexity index is 1420. The van der Waals surface area contributed by atoms with Gasteiger partial charge < -0.3 is 9.64 Å². The average Bonchev–Trinajstić information content (AvgIpc) is 3.23. The number of hydrogen-bond acceptors (Lipinski definition) is 4. The average molecular weight is 520 g/mol. The Morgan fingerprint density at radius 1 is 0.949 bits per heavy atom. The number of para-hydroxylation sites is 1. The third kappa shape index (κ3) is 6.20. The highest BCUT2D eigenvalue weighted by atomic mass is 16.5. The Morgan fingerprint density at radius 2 is 1.59 bits per heavy atom. The Hall–Kier alpha value is -4.38. The van der Waals surface area contributed by atoms with Gasteiger partial charge in [0.15, 0.2) is 5.76 Å². The van der Waals surface area contributed by atoms with Gasteiger partial charge >= 0.3 is 6.02 Å². The summed E-state index contributed by atoms with van der Waals surface area (Å²) in [4.78, 5) is 21.8. The quantitative estimate of drug-likeness (QED) is 0.221. The number of ether oxygens (including phenoxy) is 1. The van der Waals surface area contributed by atoms with Crippen molar-refractivity contribution in [3.63, 3.8) is 0 Å². The van der Waals surface area contributed by atoms with Crippen molar-refractivity contribution in [2.24, 2.45) is 4.99 Å². The van der Waals surface area contributed by atoms with Gasteiger partial charge in [0.25, 0.3) is 5.91 Å². The van der Waals surface area contributed by atoms with Crippen molar-refractivity contribution >= 4 is 35.1 Å². The molecule has 200 valence electrons. The molecule has 0 aliphatic carbocycles. The molecule has 0 saturated carbocycles. The number of aryl methyl sites for hydroxylation is 3. The second-order valence-corrected chi connectivity index (χ2v) is 9.60. The summed E-state index contributed by atoms with van der Waals surface area (Å²) in [6, 6.07) is 23.0. The number of amides is 1. The molecule has 1 aliphatic heterocycles. The van der Waals surface area contributed by atoms with E-state index in [4.69, 9.17) is 9.73 Å². The van der Waals surface area contributed by atoms with Crippen molar-refractivity contribution in [3.05, 3.63) is 119 Å². The lowest BCUT2D eigenvalue weighted by molar-refractivity contribution is -0.122. The van der Waals surface area contributed by atoms with Gasteiger partial charge in [-0.15, -0.1) is 0 Å². The Labute approximate surface area is 232 Å². The molecule has 4 rings (SSSR count). The summed E-state index contributed by atoms with van der Waals surface area (Å²) in [7, 11) is 0. The number of carbonyl (C=O) groups is 1. The fraction of sp³-hybridized carbons (Fsp3) is 0.235. The van der Waals surface area contributed by atoms with Gasteiger partial charge in [-0.2, -0.15) is 4.99 Å². The number of nitrogens with zero attached hydrogens (tertiary/aromatic N) is 3. The van der Waals surface area contributed by atoms with E-state index in [1.54, 1.807) is 11.0 Å². The van der Waals surface area contributed by atoms with Crippen LogP contribution in [-0.2, 0) is 9.53 Å². The summed E-state index contributed by atoms with van der Waals surface area (Å²) in [5, 5.41) is 0. The minimum absolute atomic E-state index is 0.184. The predicted octanol–water partition coefficient (Wildman–Crippen LogP) is 8.53. The predicted molar refractivity (Wildman–Crippen MR) is 162 cm³/mol. The molecule has 0 unspecified atom stereocenters. The van der Waals surface area contributed by atoms with Crippen LogP contribution in [0.3, 0.4) is 0 Å². The standard InChI is InChI=1S/C34H37N3O2/c1-7-10-14-28(8-2)37(29-15-12-11-13-16-29)30-19-17-27(18-20-30)23-31-33(38)36(9-3)34(39-31)35-32-25(5)21-24(4)22-26(32)6/h7,10-23H,8-9H2,1-6H3/b10-7-,28-14+,31-23+,35-34?. The maximum absolute atomic E-state index is 13.2. The Morgan fingerprint density at radius 3 is 2.18 bits per heavy atom. The van der Waals surface area contributed by atoms with E-state index in [-0.39, 0.29) is 11.7 Å². The van der Waals surface area contributed by atoms with E-state index in [9.17, 15) is 4.79 Å². The van der Waals surface area contributed by atoms with Crippen molar-refractivity contribution in [1.29, 1.82) is 0 Å². The molecule has 1 aliphatic rings. The van der Waals surface area contributed by atoms with Crippen molar-refractivity contribution in [2.75, 3.05) is 11.4 Å². The van der Waals surface area contributed by atoms with Crippen LogP contribution in [0.5, 0.6) is 0 Å². The first-order valence-corrected chi connectivity index (χ1v) is 13.5. The van der Waals surface area contributed by atoms with Crippen molar-refractivity contribution in [2.45, 2.75) is 48.0 Å². The van der Waals surface area contributed by atoms with E-state index in [1.807, 2.05) is 64.1 Å². The molecule has 1 amide bonds. The maximum Gasteiger partial charge on any atom is 0.305 e. The van der Waals surface area contributed by atoms with Gasteiger partial charge in [-0.1, -0.05) is 67.1 Å². The zero-order valence-corrected chi connectivity index (χ0v) is 23.7. The van der Waals surface area contributed by atoms with Crippen LogP contribution in [0, 0.1) is 20.8 Å². The molecule has 3 aromatic carbocycles. The highest BCUT2D eigenvalue weighted by Gasteiger charge is 2.34. The SMILES string of the molecule is C/C=C\C=C(/CC)N(c1ccccc1)c1ccc(/C=C2/OC(=Nc3c(C)cc(C)cc3C)N(CC)C2=O)cc1. The first-order chi connectivity index (χ1) is 18.9. The van der Waals surface area contributed by atoms with Crippen LogP contribution in [0.1, 0.15) is 49.4 Å². The summed E-state index contributed by atoms with van der Waals surface area (Å²) in [6.07, 6.45) is 8.91. The number of anilines is 2. The first-order valence-electron chi connectivity index (χ1n) is 13.5. The summed E-state index contributed by atoms with van der Waals surface area (Å²) in [5.41, 5.74) is 8.33. The third-order valence-corrected chi connectivity index (χ3v) is 6.64. The molecule has 3 aromatic rings. The van der Waals surface area contributed by atoms with Gasteiger partial charge in [0, 0.05) is 23.6 Å². The minimum atomic E-state index is -0.184. The molecule has 5 heteroatoms. The smallest absolute Gasteiger partial charge is 0.305 e. The van der Waals surface area contributed by atoms with Crippen molar-refractivity contribution < 1.29 is 9.53 Å². The number of amidine groups is 1. The van der Waals surface area contributed by atoms with Crippen LogP contribution < -0.4 is 4.90 Å². The number of likely N-dealkylation sites (N-methyl/N-ethyl adjacent to an activating group) is 1. The van der Waals surface area contributed by atoms with Gasteiger partial charge in [-0.25, -0.2) is 0 Å². The second kappa shape index (κ2) is 12.4. The molecule has 0 bridgehead atoms. The molecule has 1 heterocycles. The third-order valence-electron chi connectivity index (χ3n) is 6.64. The lowest BCUT2D eigenvalue weighted by Gasteiger charge is -2.27. The largest absolute Gasteiger partial charge is 0.419 e. The first kappa shape index (κ1) is 27.6. The molecular weight excluding hydrogens is 482 g/mol.